The van der Waals surface area contributed by atoms with E-state index in [4.69, 9.17) is 0 Å². The molecule has 0 saturated heterocycles. The van der Waals surface area contributed by atoms with E-state index in [9.17, 15) is 8.42 Å². The number of nitrogens with one attached hydrogen (secondary N) is 1. The van der Waals surface area contributed by atoms with Crippen LogP contribution in [-0.2, 0) is 10.0 Å². The molecule has 0 saturated carbocycles. The molecule has 0 amide bonds. The molecule has 86 valence electrons. The Morgan fingerprint density at radius 2 is 1.75 bits per heavy atom. The van der Waals surface area contributed by atoms with E-state index in [2.05, 4.69) is 30.5 Å². The maximum Gasteiger partial charge on any atom is 0.268 e. The first-order chi connectivity index (χ1) is 7.47. The summed E-state index contributed by atoms with van der Waals surface area (Å²) in [5.41, 5.74) is 1.11. The monoisotopic (exact) mass is 237 g/mol. The second kappa shape index (κ2) is 5.04. The normalized spacial score (nSPS) is 10.8. The highest BCUT2D eigenvalue weighted by atomic mass is 32.2. The molecule has 3 nitrogen and oxygen atoms in total. The molecule has 0 spiro atoms. The van der Waals surface area contributed by atoms with Gasteiger partial charge in [0.1, 0.15) is 0 Å². The largest absolute Gasteiger partial charge is 0.268 e. The van der Waals surface area contributed by atoms with Crippen LogP contribution in [0, 0.1) is 12.0 Å². The second-order valence-electron chi connectivity index (χ2n) is 3.70. The maximum absolute atomic E-state index is 11.7. The number of hydrogen-bond donors (Lipinski definition) is 1. The molecule has 0 aliphatic rings. The number of sulfonamides is 1. The summed E-state index contributed by atoms with van der Waals surface area (Å²) in [6.45, 7) is 5.69. The van der Waals surface area contributed by atoms with E-state index in [0.717, 1.165) is 5.56 Å². The van der Waals surface area contributed by atoms with Crippen LogP contribution in [0.25, 0.3) is 0 Å². The smallest absolute Gasteiger partial charge is 0.238 e. The van der Waals surface area contributed by atoms with Crippen LogP contribution in [0.15, 0.2) is 29.2 Å². The Bertz CT molecular complexity index is 504. The van der Waals surface area contributed by atoms with Crippen molar-refractivity contribution in [3.8, 4) is 12.0 Å². The quantitative estimate of drug-likeness (QED) is 0.646. The standard InChI is InChI=1S/C12H15NO2S/c1-4-9-13-16(14,15)12-7-5-11(6-8-12)10(2)3/h5-8,10,13H,1-3H3. The molecule has 1 aromatic carbocycles. The minimum absolute atomic E-state index is 0.236. The zero-order valence-corrected chi connectivity index (χ0v) is 10.4. The van der Waals surface area contributed by atoms with E-state index in [-0.39, 0.29) is 4.90 Å². The lowest BCUT2D eigenvalue weighted by atomic mass is 10.0. The molecule has 0 radical (unpaired) electrons. The predicted molar refractivity (Wildman–Crippen MR) is 64.3 cm³/mol. The molecule has 16 heavy (non-hydrogen) atoms. The minimum atomic E-state index is -3.49. The van der Waals surface area contributed by atoms with Gasteiger partial charge >= 0.3 is 0 Å². The fourth-order valence-corrected chi connectivity index (χ4v) is 2.06. The van der Waals surface area contributed by atoms with Gasteiger partial charge in [-0.15, -0.1) is 0 Å². The first-order valence-electron chi connectivity index (χ1n) is 5.01. The lowest BCUT2D eigenvalue weighted by Crippen LogP contribution is -2.18. The first-order valence-corrected chi connectivity index (χ1v) is 6.49. The molecule has 0 atom stereocenters. The number of benzene rings is 1. The van der Waals surface area contributed by atoms with Crippen molar-refractivity contribution in [2.75, 3.05) is 0 Å². The Morgan fingerprint density at radius 1 is 1.19 bits per heavy atom. The van der Waals surface area contributed by atoms with Crippen LogP contribution < -0.4 is 4.72 Å². The summed E-state index contributed by atoms with van der Waals surface area (Å²) in [7, 11) is -3.49. The molecule has 1 rings (SSSR count). The van der Waals surface area contributed by atoms with Gasteiger partial charge in [-0.1, -0.05) is 31.9 Å². The molecule has 0 fully saturated rings. The van der Waals surface area contributed by atoms with E-state index in [1.54, 1.807) is 19.1 Å². The second-order valence-corrected chi connectivity index (χ2v) is 5.39. The van der Waals surface area contributed by atoms with Crippen LogP contribution in [0.3, 0.4) is 0 Å². The summed E-state index contributed by atoms with van der Waals surface area (Å²) in [5, 5.41) is 0. The van der Waals surface area contributed by atoms with Crippen LogP contribution in [0.4, 0.5) is 0 Å². The molecular weight excluding hydrogens is 222 g/mol. The molecular formula is C12H15NO2S. The SMILES string of the molecule is CC#CNS(=O)(=O)c1ccc(C(C)C)cc1. The van der Waals surface area contributed by atoms with Crippen LogP contribution in [0.2, 0.25) is 0 Å². The molecule has 0 unspecified atom stereocenters. The predicted octanol–water partition coefficient (Wildman–Crippen LogP) is 2.07. The molecule has 0 bridgehead atoms. The van der Waals surface area contributed by atoms with Crippen molar-refractivity contribution in [1.82, 2.24) is 4.72 Å². The average molecular weight is 237 g/mol. The van der Waals surface area contributed by atoms with Gasteiger partial charge in [-0.2, -0.15) is 0 Å². The third kappa shape index (κ3) is 3.01. The van der Waals surface area contributed by atoms with Gasteiger partial charge in [0.2, 0.25) is 0 Å². The van der Waals surface area contributed by atoms with E-state index in [0.29, 0.717) is 5.92 Å². The van der Waals surface area contributed by atoms with Gasteiger partial charge in [-0.25, -0.2) is 13.1 Å². The summed E-state index contributed by atoms with van der Waals surface area (Å²) < 4.78 is 25.5. The molecule has 0 heterocycles. The van der Waals surface area contributed by atoms with Crippen molar-refractivity contribution in [1.29, 1.82) is 0 Å². The fourth-order valence-electron chi connectivity index (χ4n) is 1.21. The summed E-state index contributed by atoms with van der Waals surface area (Å²) >= 11 is 0. The number of rotatable bonds is 3. The zero-order chi connectivity index (χ0) is 12.2. The van der Waals surface area contributed by atoms with Crippen molar-refractivity contribution in [3.05, 3.63) is 29.8 Å². The van der Waals surface area contributed by atoms with Gasteiger partial charge in [-0.05, 0) is 30.5 Å². The third-order valence-electron chi connectivity index (χ3n) is 2.17. The van der Waals surface area contributed by atoms with Crippen molar-refractivity contribution in [2.24, 2.45) is 0 Å². The van der Waals surface area contributed by atoms with E-state index < -0.39 is 10.0 Å². The first kappa shape index (κ1) is 12.6. The van der Waals surface area contributed by atoms with Gasteiger partial charge in [-0.3, -0.25) is 0 Å². The fraction of sp³-hybridized carbons (Fsp3) is 0.333. The Hall–Kier alpha value is -1.47. The summed E-state index contributed by atoms with van der Waals surface area (Å²) in [6.07, 6.45) is 0. The molecule has 4 heteroatoms. The molecule has 0 aliphatic carbocycles. The van der Waals surface area contributed by atoms with Crippen LogP contribution in [-0.4, -0.2) is 8.42 Å². The maximum atomic E-state index is 11.7. The van der Waals surface area contributed by atoms with Crippen molar-refractivity contribution in [2.45, 2.75) is 31.6 Å². The zero-order valence-electron chi connectivity index (χ0n) is 9.61. The van der Waals surface area contributed by atoms with Crippen LogP contribution in [0.5, 0.6) is 0 Å². The van der Waals surface area contributed by atoms with Crippen molar-refractivity contribution in [3.63, 3.8) is 0 Å². The van der Waals surface area contributed by atoms with Crippen molar-refractivity contribution >= 4 is 10.0 Å². The molecule has 1 aromatic rings. The Balaban J connectivity index is 3.00. The van der Waals surface area contributed by atoms with Crippen LogP contribution >= 0.6 is 0 Å². The summed E-state index contributed by atoms with van der Waals surface area (Å²) in [4.78, 5) is 0.236. The summed E-state index contributed by atoms with van der Waals surface area (Å²) in [5.74, 6) is 2.87. The van der Waals surface area contributed by atoms with E-state index >= 15 is 0 Å². The van der Waals surface area contributed by atoms with Crippen LogP contribution in [0.1, 0.15) is 32.3 Å². The lowest BCUT2D eigenvalue weighted by Gasteiger charge is -2.06. The average Bonchev–Trinajstić information content (AvgIpc) is 2.26. The minimum Gasteiger partial charge on any atom is -0.238 e. The van der Waals surface area contributed by atoms with Crippen molar-refractivity contribution < 1.29 is 8.42 Å². The molecule has 0 aliphatic heterocycles. The van der Waals surface area contributed by atoms with Gasteiger partial charge < -0.3 is 0 Å². The van der Waals surface area contributed by atoms with Gasteiger partial charge in [0.25, 0.3) is 10.0 Å². The van der Waals surface area contributed by atoms with Gasteiger partial charge in [0, 0.05) is 6.04 Å². The van der Waals surface area contributed by atoms with Gasteiger partial charge in [0.15, 0.2) is 0 Å². The van der Waals surface area contributed by atoms with E-state index in [1.165, 1.54) is 0 Å². The highest BCUT2D eigenvalue weighted by Gasteiger charge is 2.11. The third-order valence-corrected chi connectivity index (χ3v) is 3.43. The Morgan fingerprint density at radius 3 is 2.19 bits per heavy atom. The number of hydrogen-bond acceptors (Lipinski definition) is 2. The topological polar surface area (TPSA) is 46.2 Å². The highest BCUT2D eigenvalue weighted by molar-refractivity contribution is 7.89. The Labute approximate surface area is 96.9 Å². The Kier molecular flexibility index (Phi) is 3.97. The highest BCUT2D eigenvalue weighted by Crippen LogP contribution is 2.16. The molecule has 1 N–H and O–H groups in total. The van der Waals surface area contributed by atoms with Gasteiger partial charge in [0.05, 0.1) is 4.90 Å². The molecule has 0 aromatic heterocycles. The van der Waals surface area contributed by atoms with E-state index in [1.807, 2.05) is 12.1 Å². The summed E-state index contributed by atoms with van der Waals surface area (Å²) in [6, 6.07) is 9.16. The lowest BCUT2D eigenvalue weighted by molar-refractivity contribution is 0.591.